The molecule has 0 saturated carbocycles. The van der Waals surface area contributed by atoms with Crippen molar-refractivity contribution in [1.29, 1.82) is 0 Å². The van der Waals surface area contributed by atoms with E-state index in [4.69, 9.17) is 0 Å². The van der Waals surface area contributed by atoms with Crippen LogP contribution in [0.5, 0.6) is 0 Å². The highest BCUT2D eigenvalue weighted by atomic mass is 127. The molecule has 17 heavy (non-hydrogen) atoms. The van der Waals surface area contributed by atoms with Gasteiger partial charge < -0.3 is 15.5 Å². The number of aromatic nitrogens is 2. The fraction of sp³-hybridized carbons (Fsp3) is 0.636. The molecular weight excluding hydrogens is 329 g/mol. The SMILES string of the molecule is Ic1cnc(NCCCN2CCNCC2)nc1. The van der Waals surface area contributed by atoms with Gasteiger partial charge in [0.05, 0.1) is 0 Å². The first-order valence-electron chi connectivity index (χ1n) is 5.99. The molecule has 2 rings (SSSR count). The predicted molar refractivity (Wildman–Crippen MR) is 77.2 cm³/mol. The Labute approximate surface area is 116 Å². The van der Waals surface area contributed by atoms with Crippen molar-refractivity contribution in [2.45, 2.75) is 6.42 Å². The summed E-state index contributed by atoms with van der Waals surface area (Å²) in [6.07, 6.45) is 4.79. The summed E-state index contributed by atoms with van der Waals surface area (Å²) in [5, 5.41) is 6.60. The second-order valence-electron chi connectivity index (χ2n) is 4.10. The molecule has 1 aromatic heterocycles. The first kappa shape index (κ1) is 13.0. The minimum Gasteiger partial charge on any atom is -0.354 e. The minimum absolute atomic E-state index is 0.728. The molecular formula is C11H18IN5. The molecule has 0 radical (unpaired) electrons. The lowest BCUT2D eigenvalue weighted by Gasteiger charge is -2.27. The van der Waals surface area contributed by atoms with Gasteiger partial charge in [0.2, 0.25) is 5.95 Å². The standard InChI is InChI=1S/C11H18IN5/c12-10-8-15-11(16-9-10)14-2-1-5-17-6-3-13-4-7-17/h8-9,13H,1-7H2,(H,14,15,16). The highest BCUT2D eigenvalue weighted by Gasteiger charge is 2.08. The van der Waals surface area contributed by atoms with E-state index in [1.807, 2.05) is 12.4 Å². The Morgan fingerprint density at radius 1 is 1.29 bits per heavy atom. The van der Waals surface area contributed by atoms with Crippen molar-refractivity contribution >= 4 is 28.5 Å². The number of hydrogen-bond donors (Lipinski definition) is 2. The van der Waals surface area contributed by atoms with Crippen LogP contribution in [0.1, 0.15) is 6.42 Å². The van der Waals surface area contributed by atoms with E-state index in [-0.39, 0.29) is 0 Å². The number of nitrogens with one attached hydrogen (secondary N) is 2. The van der Waals surface area contributed by atoms with E-state index in [9.17, 15) is 0 Å². The topological polar surface area (TPSA) is 53.1 Å². The van der Waals surface area contributed by atoms with E-state index < -0.39 is 0 Å². The lowest BCUT2D eigenvalue weighted by Crippen LogP contribution is -2.44. The van der Waals surface area contributed by atoms with E-state index >= 15 is 0 Å². The second-order valence-corrected chi connectivity index (χ2v) is 5.34. The molecule has 0 atom stereocenters. The Kier molecular flexibility index (Phi) is 5.40. The fourth-order valence-corrected chi connectivity index (χ4v) is 2.12. The van der Waals surface area contributed by atoms with Gasteiger partial charge in [-0.1, -0.05) is 0 Å². The summed E-state index contributed by atoms with van der Waals surface area (Å²) in [5.41, 5.74) is 0. The van der Waals surface area contributed by atoms with Crippen molar-refractivity contribution in [3.05, 3.63) is 16.0 Å². The summed E-state index contributed by atoms with van der Waals surface area (Å²) in [6.45, 7) is 6.66. The zero-order chi connectivity index (χ0) is 11.9. The van der Waals surface area contributed by atoms with Crippen LogP contribution in [0, 0.1) is 3.57 Å². The van der Waals surface area contributed by atoms with Crippen LogP contribution >= 0.6 is 22.6 Å². The largest absolute Gasteiger partial charge is 0.354 e. The van der Waals surface area contributed by atoms with E-state index in [1.165, 1.54) is 13.1 Å². The molecule has 1 fully saturated rings. The maximum Gasteiger partial charge on any atom is 0.222 e. The molecule has 0 aromatic carbocycles. The van der Waals surface area contributed by atoms with Gasteiger partial charge in [-0.15, -0.1) is 0 Å². The quantitative estimate of drug-likeness (QED) is 0.609. The molecule has 94 valence electrons. The summed E-state index contributed by atoms with van der Waals surface area (Å²) in [5.74, 6) is 0.728. The van der Waals surface area contributed by atoms with E-state index in [0.29, 0.717) is 0 Å². The van der Waals surface area contributed by atoms with Gasteiger partial charge in [0.25, 0.3) is 0 Å². The smallest absolute Gasteiger partial charge is 0.222 e. The highest BCUT2D eigenvalue weighted by molar-refractivity contribution is 14.1. The van der Waals surface area contributed by atoms with Crippen molar-refractivity contribution in [3.63, 3.8) is 0 Å². The van der Waals surface area contributed by atoms with E-state index in [1.54, 1.807) is 0 Å². The van der Waals surface area contributed by atoms with Crippen LogP contribution in [-0.2, 0) is 0 Å². The molecule has 0 spiro atoms. The maximum atomic E-state index is 4.21. The normalized spacial score (nSPS) is 17.0. The van der Waals surface area contributed by atoms with E-state index in [2.05, 4.69) is 48.1 Å². The van der Waals surface area contributed by atoms with Crippen LogP contribution < -0.4 is 10.6 Å². The van der Waals surface area contributed by atoms with Gasteiger partial charge in [0, 0.05) is 48.7 Å². The number of rotatable bonds is 5. The number of anilines is 1. The summed E-state index contributed by atoms with van der Waals surface area (Å²) >= 11 is 2.21. The molecule has 0 bridgehead atoms. The predicted octanol–water partition coefficient (Wildman–Crippen LogP) is 0.788. The molecule has 5 nitrogen and oxygen atoms in total. The summed E-state index contributed by atoms with van der Waals surface area (Å²) in [7, 11) is 0. The summed E-state index contributed by atoms with van der Waals surface area (Å²) in [4.78, 5) is 10.9. The third-order valence-corrected chi connectivity index (χ3v) is 3.32. The maximum absolute atomic E-state index is 4.21. The number of piperazine rings is 1. The minimum atomic E-state index is 0.728. The Hall–Kier alpha value is -0.470. The van der Waals surface area contributed by atoms with Crippen molar-refractivity contribution < 1.29 is 0 Å². The molecule has 2 heterocycles. The van der Waals surface area contributed by atoms with Crippen LogP contribution in [0.25, 0.3) is 0 Å². The highest BCUT2D eigenvalue weighted by Crippen LogP contribution is 2.02. The average molecular weight is 347 g/mol. The lowest BCUT2D eigenvalue weighted by atomic mass is 10.3. The Morgan fingerprint density at radius 2 is 2.00 bits per heavy atom. The average Bonchev–Trinajstić information content (AvgIpc) is 2.38. The molecule has 1 aliphatic heterocycles. The lowest BCUT2D eigenvalue weighted by molar-refractivity contribution is 0.240. The molecule has 0 unspecified atom stereocenters. The van der Waals surface area contributed by atoms with Gasteiger partial charge >= 0.3 is 0 Å². The van der Waals surface area contributed by atoms with Crippen LogP contribution in [0.15, 0.2) is 12.4 Å². The van der Waals surface area contributed by atoms with Crippen LogP contribution in [0.4, 0.5) is 5.95 Å². The van der Waals surface area contributed by atoms with Gasteiger partial charge in [-0.25, -0.2) is 9.97 Å². The first-order chi connectivity index (χ1) is 8.34. The van der Waals surface area contributed by atoms with Crippen molar-refractivity contribution in [1.82, 2.24) is 20.2 Å². The fourth-order valence-electron chi connectivity index (χ4n) is 1.84. The Morgan fingerprint density at radius 3 is 2.71 bits per heavy atom. The Balaban J connectivity index is 1.60. The van der Waals surface area contributed by atoms with Crippen molar-refractivity contribution in [2.75, 3.05) is 44.6 Å². The van der Waals surface area contributed by atoms with Gasteiger partial charge in [-0.2, -0.15) is 0 Å². The van der Waals surface area contributed by atoms with Gasteiger partial charge in [0.1, 0.15) is 0 Å². The number of nitrogens with zero attached hydrogens (tertiary/aromatic N) is 3. The van der Waals surface area contributed by atoms with Crippen LogP contribution in [-0.4, -0.2) is 54.1 Å². The van der Waals surface area contributed by atoms with Crippen molar-refractivity contribution in [2.24, 2.45) is 0 Å². The molecule has 0 aliphatic carbocycles. The molecule has 1 aliphatic rings. The Bertz CT molecular complexity index is 323. The van der Waals surface area contributed by atoms with Crippen molar-refractivity contribution in [3.8, 4) is 0 Å². The molecule has 6 heteroatoms. The first-order valence-corrected chi connectivity index (χ1v) is 7.07. The molecule has 1 saturated heterocycles. The van der Waals surface area contributed by atoms with Gasteiger partial charge in [-0.05, 0) is 35.6 Å². The monoisotopic (exact) mass is 347 g/mol. The van der Waals surface area contributed by atoms with Crippen LogP contribution in [0.3, 0.4) is 0 Å². The number of hydrogen-bond acceptors (Lipinski definition) is 5. The summed E-state index contributed by atoms with van der Waals surface area (Å²) < 4.78 is 1.06. The second kappa shape index (κ2) is 7.07. The molecule has 0 amide bonds. The third-order valence-electron chi connectivity index (χ3n) is 2.76. The van der Waals surface area contributed by atoms with Gasteiger partial charge in [-0.3, -0.25) is 0 Å². The molecule has 2 N–H and O–H groups in total. The van der Waals surface area contributed by atoms with Gasteiger partial charge in [0.15, 0.2) is 0 Å². The zero-order valence-electron chi connectivity index (χ0n) is 9.82. The van der Waals surface area contributed by atoms with Crippen LogP contribution in [0.2, 0.25) is 0 Å². The number of halogens is 1. The molecule has 1 aromatic rings. The summed E-state index contributed by atoms with van der Waals surface area (Å²) in [6, 6.07) is 0. The zero-order valence-corrected chi connectivity index (χ0v) is 12.0. The third kappa shape index (κ3) is 4.72. The van der Waals surface area contributed by atoms with E-state index in [0.717, 1.165) is 42.1 Å².